The molecule has 1 aliphatic heterocycles. The van der Waals surface area contributed by atoms with Gasteiger partial charge in [0.05, 0.1) is 18.3 Å². The number of aromatic nitrogens is 1. The van der Waals surface area contributed by atoms with Gasteiger partial charge < -0.3 is 14.6 Å². The normalized spacial score (nSPS) is 16.7. The molecule has 5 nitrogen and oxygen atoms in total. The van der Waals surface area contributed by atoms with Gasteiger partial charge in [0.15, 0.2) is 0 Å². The van der Waals surface area contributed by atoms with E-state index in [1.54, 1.807) is 0 Å². The van der Waals surface area contributed by atoms with Gasteiger partial charge in [-0.3, -0.25) is 4.79 Å². The Morgan fingerprint density at radius 1 is 1.36 bits per heavy atom. The predicted octanol–water partition coefficient (Wildman–Crippen LogP) is 2.86. The van der Waals surface area contributed by atoms with Gasteiger partial charge in [0.2, 0.25) is 5.91 Å². The largest absolute Gasteiger partial charge is 0.493 e. The maximum Gasteiger partial charge on any atom is 0.220 e. The van der Waals surface area contributed by atoms with Crippen LogP contribution in [0.3, 0.4) is 0 Å². The molecule has 0 aliphatic carbocycles. The number of hydrogen-bond donors (Lipinski definition) is 1. The second-order valence-corrected chi connectivity index (χ2v) is 5.60. The third kappa shape index (κ3) is 2.98. The zero-order valence-corrected chi connectivity index (χ0v) is 12.9. The number of amides is 1. The second kappa shape index (κ2) is 6.22. The van der Waals surface area contributed by atoms with Gasteiger partial charge in [-0.2, -0.15) is 0 Å². The second-order valence-electron chi connectivity index (χ2n) is 5.60. The van der Waals surface area contributed by atoms with E-state index < -0.39 is 0 Å². The molecule has 2 heterocycles. The molecule has 1 amide bonds. The first-order valence-corrected chi connectivity index (χ1v) is 7.58. The van der Waals surface area contributed by atoms with Crippen molar-refractivity contribution in [1.29, 1.82) is 0 Å². The van der Waals surface area contributed by atoms with Crippen molar-refractivity contribution in [1.82, 2.24) is 10.5 Å². The van der Waals surface area contributed by atoms with Crippen LogP contribution in [0.2, 0.25) is 0 Å². The molecule has 22 heavy (non-hydrogen) atoms. The number of nitrogens with one attached hydrogen (secondary N) is 1. The number of fused-ring (bicyclic) bond motifs is 1. The van der Waals surface area contributed by atoms with E-state index in [1.807, 2.05) is 38.1 Å². The SMILES string of the molecule is Cc1noc(C)c1CCC(=O)N[C@@H]1CCOc2ccccc21. The fourth-order valence-corrected chi connectivity index (χ4v) is 2.86. The number of nitrogens with zero attached hydrogens (tertiary/aromatic N) is 1. The Hall–Kier alpha value is -2.30. The number of aryl methyl sites for hydroxylation is 2. The quantitative estimate of drug-likeness (QED) is 0.943. The standard InChI is InChI=1S/C17H20N2O3/c1-11-13(12(2)22-19-11)7-8-17(20)18-15-9-10-21-16-6-4-3-5-14(15)16/h3-6,15H,7-10H2,1-2H3,(H,18,20)/t15-/m1/s1. The van der Waals surface area contributed by atoms with Gasteiger partial charge in [0, 0.05) is 24.0 Å². The zero-order chi connectivity index (χ0) is 15.5. The smallest absolute Gasteiger partial charge is 0.220 e. The number of hydrogen-bond acceptors (Lipinski definition) is 4. The van der Waals surface area contributed by atoms with E-state index in [4.69, 9.17) is 9.26 Å². The summed E-state index contributed by atoms with van der Waals surface area (Å²) >= 11 is 0. The molecular weight excluding hydrogens is 280 g/mol. The summed E-state index contributed by atoms with van der Waals surface area (Å²) in [7, 11) is 0. The lowest BCUT2D eigenvalue weighted by Gasteiger charge is -2.26. The highest BCUT2D eigenvalue weighted by Gasteiger charge is 2.22. The third-order valence-electron chi connectivity index (χ3n) is 4.08. The van der Waals surface area contributed by atoms with Crippen molar-refractivity contribution in [2.75, 3.05) is 6.61 Å². The fourth-order valence-electron chi connectivity index (χ4n) is 2.86. The molecular formula is C17H20N2O3. The van der Waals surface area contributed by atoms with Gasteiger partial charge in [-0.25, -0.2) is 0 Å². The molecule has 0 radical (unpaired) electrons. The van der Waals surface area contributed by atoms with Gasteiger partial charge in [0.1, 0.15) is 11.5 Å². The molecule has 0 fully saturated rings. The minimum Gasteiger partial charge on any atom is -0.493 e. The van der Waals surface area contributed by atoms with Crippen LogP contribution in [-0.4, -0.2) is 17.7 Å². The van der Waals surface area contributed by atoms with Gasteiger partial charge in [-0.05, 0) is 26.3 Å². The van der Waals surface area contributed by atoms with Crippen LogP contribution in [0.25, 0.3) is 0 Å². The first-order valence-electron chi connectivity index (χ1n) is 7.58. The van der Waals surface area contributed by atoms with E-state index in [0.29, 0.717) is 19.4 Å². The summed E-state index contributed by atoms with van der Waals surface area (Å²) in [6, 6.07) is 7.89. The van der Waals surface area contributed by atoms with E-state index in [2.05, 4.69) is 10.5 Å². The average Bonchev–Trinajstić information content (AvgIpc) is 2.84. The summed E-state index contributed by atoms with van der Waals surface area (Å²) in [6.07, 6.45) is 1.88. The molecule has 0 spiro atoms. The molecule has 0 saturated heterocycles. The lowest BCUT2D eigenvalue weighted by Crippen LogP contribution is -2.32. The highest BCUT2D eigenvalue weighted by Crippen LogP contribution is 2.31. The van der Waals surface area contributed by atoms with E-state index in [0.717, 1.165) is 34.8 Å². The molecule has 1 aromatic heterocycles. The van der Waals surface area contributed by atoms with Crippen molar-refractivity contribution in [2.24, 2.45) is 0 Å². The molecule has 1 atom stereocenters. The van der Waals surface area contributed by atoms with Gasteiger partial charge in [-0.1, -0.05) is 23.4 Å². The third-order valence-corrected chi connectivity index (χ3v) is 4.08. The number of para-hydroxylation sites is 1. The molecule has 3 rings (SSSR count). The first kappa shape index (κ1) is 14.6. The van der Waals surface area contributed by atoms with Crippen molar-refractivity contribution in [3.63, 3.8) is 0 Å². The highest BCUT2D eigenvalue weighted by molar-refractivity contribution is 5.77. The molecule has 0 bridgehead atoms. The highest BCUT2D eigenvalue weighted by atomic mass is 16.5. The lowest BCUT2D eigenvalue weighted by atomic mass is 10.00. The molecule has 1 aliphatic rings. The van der Waals surface area contributed by atoms with E-state index in [9.17, 15) is 4.79 Å². The summed E-state index contributed by atoms with van der Waals surface area (Å²) in [5.41, 5.74) is 2.95. The molecule has 0 unspecified atom stereocenters. The maximum atomic E-state index is 12.2. The van der Waals surface area contributed by atoms with Crippen LogP contribution in [0.1, 0.15) is 41.5 Å². The minimum atomic E-state index is 0.0297. The molecule has 1 aromatic carbocycles. The molecule has 1 N–H and O–H groups in total. The Labute approximate surface area is 129 Å². The maximum absolute atomic E-state index is 12.2. The Bertz CT molecular complexity index is 659. The minimum absolute atomic E-state index is 0.0297. The molecule has 116 valence electrons. The average molecular weight is 300 g/mol. The van der Waals surface area contributed by atoms with Gasteiger partial charge >= 0.3 is 0 Å². The number of benzene rings is 1. The molecule has 0 saturated carbocycles. The monoisotopic (exact) mass is 300 g/mol. The van der Waals surface area contributed by atoms with Crippen LogP contribution in [0.4, 0.5) is 0 Å². The Balaban J connectivity index is 1.61. The van der Waals surface area contributed by atoms with Crippen molar-refractivity contribution in [3.05, 3.63) is 46.8 Å². The Morgan fingerprint density at radius 3 is 2.95 bits per heavy atom. The van der Waals surface area contributed by atoms with Crippen molar-refractivity contribution < 1.29 is 14.1 Å². The van der Waals surface area contributed by atoms with Gasteiger partial charge in [-0.15, -0.1) is 0 Å². The Kier molecular flexibility index (Phi) is 4.13. The fraction of sp³-hybridized carbons (Fsp3) is 0.412. The van der Waals surface area contributed by atoms with Crippen molar-refractivity contribution in [2.45, 2.75) is 39.2 Å². The van der Waals surface area contributed by atoms with Crippen LogP contribution in [-0.2, 0) is 11.2 Å². The van der Waals surface area contributed by atoms with E-state index in [-0.39, 0.29) is 11.9 Å². The van der Waals surface area contributed by atoms with Crippen molar-refractivity contribution in [3.8, 4) is 5.75 Å². The van der Waals surface area contributed by atoms with Crippen LogP contribution in [0.15, 0.2) is 28.8 Å². The molecule has 2 aromatic rings. The topological polar surface area (TPSA) is 64.4 Å². The number of ether oxygens (including phenoxy) is 1. The van der Waals surface area contributed by atoms with Crippen LogP contribution in [0.5, 0.6) is 5.75 Å². The summed E-state index contributed by atoms with van der Waals surface area (Å²) in [5, 5.41) is 7.02. The predicted molar refractivity (Wildman–Crippen MR) is 81.7 cm³/mol. The van der Waals surface area contributed by atoms with Crippen LogP contribution < -0.4 is 10.1 Å². The molecule has 5 heteroatoms. The summed E-state index contributed by atoms with van der Waals surface area (Å²) in [4.78, 5) is 12.2. The van der Waals surface area contributed by atoms with Crippen LogP contribution in [0, 0.1) is 13.8 Å². The number of carbonyl (C=O) groups is 1. The lowest BCUT2D eigenvalue weighted by molar-refractivity contribution is -0.122. The van der Waals surface area contributed by atoms with Crippen molar-refractivity contribution >= 4 is 5.91 Å². The number of rotatable bonds is 4. The zero-order valence-electron chi connectivity index (χ0n) is 12.9. The summed E-state index contributed by atoms with van der Waals surface area (Å²) in [5.74, 6) is 1.70. The van der Waals surface area contributed by atoms with Crippen LogP contribution >= 0.6 is 0 Å². The van der Waals surface area contributed by atoms with Gasteiger partial charge in [0.25, 0.3) is 0 Å². The van der Waals surface area contributed by atoms with E-state index in [1.165, 1.54) is 0 Å². The number of carbonyl (C=O) groups excluding carboxylic acids is 1. The first-order chi connectivity index (χ1) is 10.6. The summed E-state index contributed by atoms with van der Waals surface area (Å²) < 4.78 is 10.7. The van der Waals surface area contributed by atoms with E-state index >= 15 is 0 Å². The summed E-state index contributed by atoms with van der Waals surface area (Å²) in [6.45, 7) is 4.41. The Morgan fingerprint density at radius 2 is 2.18 bits per heavy atom.